The Kier molecular flexibility index (Phi) is 3.97. The Morgan fingerprint density at radius 3 is 2.70 bits per heavy atom. The van der Waals surface area contributed by atoms with Gasteiger partial charge in [0.15, 0.2) is 6.20 Å². The zero-order chi connectivity index (χ0) is 7.98. The van der Waals surface area contributed by atoms with Crippen LogP contribution in [0.25, 0.3) is 4.85 Å². The Balaban J connectivity index is 4.24. The molecule has 54 valence electrons. The van der Waals surface area contributed by atoms with E-state index in [0.717, 1.165) is 0 Å². The highest BCUT2D eigenvalue weighted by atomic mass is 16.5. The summed E-state index contributed by atoms with van der Waals surface area (Å²) in [6.07, 6.45) is 1.72. The third kappa shape index (κ3) is 2.31. The molecule has 0 N–H and O–H groups in total. The number of carbonyl (C=O) groups excluding carboxylic acids is 1. The molecule has 0 aliphatic carbocycles. The van der Waals surface area contributed by atoms with Crippen LogP contribution in [0.15, 0.2) is 11.8 Å². The van der Waals surface area contributed by atoms with Gasteiger partial charge < -0.3 is 4.74 Å². The van der Waals surface area contributed by atoms with E-state index < -0.39 is 5.97 Å². The van der Waals surface area contributed by atoms with E-state index >= 15 is 0 Å². The zero-order valence-electron chi connectivity index (χ0n) is 6.05. The first-order chi connectivity index (χ1) is 4.76. The van der Waals surface area contributed by atoms with E-state index in [-0.39, 0.29) is 0 Å². The summed E-state index contributed by atoms with van der Waals surface area (Å²) in [6, 6.07) is 0. The summed E-state index contributed by atoms with van der Waals surface area (Å²) in [5, 5.41) is 0. The first kappa shape index (κ1) is 8.70. The lowest BCUT2D eigenvalue weighted by Crippen LogP contribution is -2.02. The van der Waals surface area contributed by atoms with Gasteiger partial charge in [-0.2, -0.15) is 0 Å². The molecule has 0 aliphatic heterocycles. The molecule has 0 unspecified atom stereocenters. The zero-order valence-corrected chi connectivity index (χ0v) is 6.05. The lowest BCUT2D eigenvalue weighted by atomic mass is 10.2. The molecule has 10 heavy (non-hydrogen) atoms. The number of carbonyl (C=O) groups is 1. The second-order valence-electron chi connectivity index (χ2n) is 1.63. The van der Waals surface area contributed by atoms with Crippen molar-refractivity contribution in [3.63, 3.8) is 0 Å². The van der Waals surface area contributed by atoms with Crippen LogP contribution in [-0.2, 0) is 9.53 Å². The SMILES string of the molecule is [C-]#[N+]C=C(CC)C(=O)OC. The first-order valence-electron chi connectivity index (χ1n) is 2.90. The third-order valence-corrected chi connectivity index (χ3v) is 1.05. The van der Waals surface area contributed by atoms with Gasteiger partial charge in [-0.15, -0.1) is 0 Å². The van der Waals surface area contributed by atoms with E-state index in [0.29, 0.717) is 12.0 Å². The maximum atomic E-state index is 10.7. The fourth-order valence-corrected chi connectivity index (χ4v) is 0.497. The van der Waals surface area contributed by atoms with Crippen molar-refractivity contribution in [3.05, 3.63) is 23.2 Å². The highest BCUT2D eigenvalue weighted by Crippen LogP contribution is 2.02. The number of hydrogen-bond acceptors (Lipinski definition) is 2. The number of hydrogen-bond donors (Lipinski definition) is 0. The minimum Gasteiger partial charge on any atom is -0.467 e. The first-order valence-corrected chi connectivity index (χ1v) is 2.90. The maximum absolute atomic E-state index is 10.7. The predicted octanol–water partition coefficient (Wildman–Crippen LogP) is 1.37. The summed E-state index contributed by atoms with van der Waals surface area (Å²) < 4.78 is 4.41. The van der Waals surface area contributed by atoms with Crippen molar-refractivity contribution in [2.45, 2.75) is 13.3 Å². The van der Waals surface area contributed by atoms with Crippen LogP contribution in [0.4, 0.5) is 0 Å². The summed E-state index contributed by atoms with van der Waals surface area (Å²) in [4.78, 5) is 13.7. The molecule has 0 atom stereocenters. The van der Waals surface area contributed by atoms with Crippen molar-refractivity contribution in [1.29, 1.82) is 0 Å². The van der Waals surface area contributed by atoms with Crippen molar-refractivity contribution in [2.75, 3.05) is 7.11 Å². The van der Waals surface area contributed by atoms with E-state index in [9.17, 15) is 4.79 Å². The minimum atomic E-state index is -0.418. The fraction of sp³-hybridized carbons (Fsp3) is 0.429. The van der Waals surface area contributed by atoms with Crippen molar-refractivity contribution in [1.82, 2.24) is 0 Å². The summed E-state index contributed by atoms with van der Waals surface area (Å²) >= 11 is 0. The normalized spacial score (nSPS) is 10.3. The molecule has 0 aromatic carbocycles. The number of ether oxygens (including phenoxy) is 1. The van der Waals surface area contributed by atoms with E-state index in [1.54, 1.807) is 6.92 Å². The van der Waals surface area contributed by atoms with Crippen molar-refractivity contribution >= 4 is 5.97 Å². The molecule has 0 spiro atoms. The Bertz CT molecular complexity index is 188. The second-order valence-corrected chi connectivity index (χ2v) is 1.63. The van der Waals surface area contributed by atoms with Gasteiger partial charge in [0.25, 0.3) is 0 Å². The van der Waals surface area contributed by atoms with Crippen LogP contribution in [0.1, 0.15) is 13.3 Å². The molecule has 0 saturated carbocycles. The molecule has 0 aromatic rings. The summed E-state index contributed by atoms with van der Waals surface area (Å²) in [5.74, 6) is -0.418. The largest absolute Gasteiger partial charge is 0.467 e. The van der Waals surface area contributed by atoms with Gasteiger partial charge in [0, 0.05) is 5.57 Å². The van der Waals surface area contributed by atoms with Crippen molar-refractivity contribution in [3.8, 4) is 0 Å². The summed E-state index contributed by atoms with van der Waals surface area (Å²) in [5.41, 5.74) is 0.414. The molecule has 0 rings (SSSR count). The molecular formula is C7H9NO2. The molecule has 0 saturated heterocycles. The predicted molar refractivity (Wildman–Crippen MR) is 37.0 cm³/mol. The van der Waals surface area contributed by atoms with Gasteiger partial charge in [0.1, 0.15) is 0 Å². The maximum Gasteiger partial charge on any atom is 0.322 e. The molecule has 0 aromatic heterocycles. The van der Waals surface area contributed by atoms with Crippen LogP contribution < -0.4 is 0 Å². The molecular weight excluding hydrogens is 130 g/mol. The molecule has 0 bridgehead atoms. The van der Waals surface area contributed by atoms with Gasteiger partial charge in [-0.25, -0.2) is 9.64 Å². The molecule has 3 heteroatoms. The van der Waals surface area contributed by atoms with Gasteiger partial charge in [-0.1, -0.05) is 6.92 Å². The minimum absolute atomic E-state index is 0.414. The van der Waals surface area contributed by atoms with Gasteiger partial charge in [-0.05, 0) is 6.42 Å². The highest BCUT2D eigenvalue weighted by molar-refractivity contribution is 5.88. The summed E-state index contributed by atoms with van der Waals surface area (Å²) in [6.45, 7) is 8.25. The highest BCUT2D eigenvalue weighted by Gasteiger charge is 2.04. The fourth-order valence-electron chi connectivity index (χ4n) is 0.497. The van der Waals surface area contributed by atoms with Crippen LogP contribution in [-0.4, -0.2) is 13.1 Å². The number of esters is 1. The van der Waals surface area contributed by atoms with Crippen molar-refractivity contribution in [2.24, 2.45) is 0 Å². The van der Waals surface area contributed by atoms with E-state index in [4.69, 9.17) is 6.57 Å². The third-order valence-electron chi connectivity index (χ3n) is 1.05. The molecule has 0 radical (unpaired) electrons. The summed E-state index contributed by atoms with van der Waals surface area (Å²) in [7, 11) is 1.30. The quantitative estimate of drug-likeness (QED) is 0.328. The number of nitrogens with zero attached hydrogens (tertiary/aromatic N) is 1. The van der Waals surface area contributed by atoms with Crippen LogP contribution in [0.2, 0.25) is 0 Å². The van der Waals surface area contributed by atoms with E-state index in [2.05, 4.69) is 9.58 Å². The Morgan fingerprint density at radius 2 is 2.40 bits per heavy atom. The lowest BCUT2D eigenvalue weighted by Gasteiger charge is -1.97. The van der Waals surface area contributed by atoms with E-state index in [1.165, 1.54) is 13.3 Å². The van der Waals surface area contributed by atoms with Crippen molar-refractivity contribution < 1.29 is 9.53 Å². The van der Waals surface area contributed by atoms with Gasteiger partial charge in [0.2, 0.25) is 0 Å². The van der Waals surface area contributed by atoms with Crippen LogP contribution in [0, 0.1) is 6.57 Å². The average Bonchev–Trinajstić information content (AvgIpc) is 1.99. The average molecular weight is 139 g/mol. The molecule has 0 amide bonds. The van der Waals surface area contributed by atoms with Crippen LogP contribution >= 0.6 is 0 Å². The molecule has 0 aliphatic rings. The topological polar surface area (TPSA) is 30.7 Å². The van der Waals surface area contributed by atoms with Gasteiger partial charge in [-0.3, -0.25) is 0 Å². The molecule has 0 fully saturated rings. The molecule has 3 nitrogen and oxygen atoms in total. The monoisotopic (exact) mass is 139 g/mol. The second kappa shape index (κ2) is 4.57. The number of methoxy groups -OCH3 is 1. The van der Waals surface area contributed by atoms with E-state index in [1.807, 2.05) is 0 Å². The smallest absolute Gasteiger partial charge is 0.322 e. The van der Waals surface area contributed by atoms with Crippen LogP contribution in [0.3, 0.4) is 0 Å². The number of rotatable bonds is 2. The standard InChI is InChI=1S/C7H9NO2/c1-4-6(5-8-2)7(9)10-3/h5H,4H2,1,3H3. The van der Waals surface area contributed by atoms with Gasteiger partial charge in [0.05, 0.1) is 13.7 Å². The molecule has 0 heterocycles. The van der Waals surface area contributed by atoms with Gasteiger partial charge >= 0.3 is 5.97 Å². The lowest BCUT2D eigenvalue weighted by molar-refractivity contribution is -0.136. The Morgan fingerprint density at radius 1 is 1.80 bits per heavy atom. The Hall–Kier alpha value is -1.30. The Labute approximate surface area is 60.1 Å². The van der Waals surface area contributed by atoms with Crippen LogP contribution in [0.5, 0.6) is 0 Å².